The number of rotatable bonds is 11. The fourth-order valence-corrected chi connectivity index (χ4v) is 2.95. The lowest BCUT2D eigenvalue weighted by atomic mass is 10.1. The average molecular weight is 398 g/mol. The maximum atomic E-state index is 12.8. The monoisotopic (exact) mass is 398 g/mol. The van der Waals surface area contributed by atoms with Gasteiger partial charge in [0.1, 0.15) is 6.04 Å². The van der Waals surface area contributed by atoms with E-state index >= 15 is 0 Å². The van der Waals surface area contributed by atoms with E-state index in [-0.39, 0.29) is 12.8 Å². The number of nitrogens with one attached hydrogen (secondary N) is 1. The Morgan fingerprint density at radius 3 is 1.79 bits per heavy atom. The molecule has 7 heteroatoms. The Kier molecular flexibility index (Phi) is 8.36. The van der Waals surface area contributed by atoms with Crippen LogP contribution in [0.25, 0.3) is 0 Å². The quantitative estimate of drug-likeness (QED) is 0.537. The van der Waals surface area contributed by atoms with Crippen molar-refractivity contribution < 1.29 is 24.6 Å². The zero-order chi connectivity index (χ0) is 21.2. The van der Waals surface area contributed by atoms with E-state index in [4.69, 9.17) is 5.11 Å². The molecule has 0 saturated heterocycles. The summed E-state index contributed by atoms with van der Waals surface area (Å²) in [5, 5.41) is 20.6. The molecule has 0 fully saturated rings. The number of carboxylic acid groups (broad SMARTS) is 2. The second kappa shape index (κ2) is 11.0. The Bertz CT molecular complexity index is 769. The molecule has 0 aliphatic carbocycles. The fraction of sp³-hybridized carbons (Fsp3) is 0.318. The first-order valence-electron chi connectivity index (χ1n) is 9.43. The van der Waals surface area contributed by atoms with Crippen molar-refractivity contribution in [3.8, 4) is 0 Å². The number of carbonyl (C=O) groups is 3. The third kappa shape index (κ3) is 7.38. The smallest absolute Gasteiger partial charge is 0.326 e. The highest BCUT2D eigenvalue weighted by atomic mass is 16.4. The molecule has 2 rings (SSSR count). The van der Waals surface area contributed by atoms with E-state index in [1.165, 1.54) is 0 Å². The molecule has 0 spiro atoms. The molecule has 0 aliphatic heterocycles. The highest BCUT2D eigenvalue weighted by Gasteiger charge is 2.27. The zero-order valence-electron chi connectivity index (χ0n) is 16.3. The molecular formula is C22H26N2O5. The van der Waals surface area contributed by atoms with Crippen molar-refractivity contribution in [1.29, 1.82) is 0 Å². The topological polar surface area (TPSA) is 107 Å². The first-order chi connectivity index (χ1) is 13.9. The lowest BCUT2D eigenvalue weighted by Gasteiger charge is -2.29. The molecule has 7 nitrogen and oxygen atoms in total. The number of carboxylic acids is 2. The van der Waals surface area contributed by atoms with Crippen molar-refractivity contribution >= 4 is 17.8 Å². The Morgan fingerprint density at radius 2 is 1.38 bits per heavy atom. The first kappa shape index (κ1) is 22.1. The predicted molar refractivity (Wildman–Crippen MR) is 108 cm³/mol. The number of aliphatic carboxylic acids is 2. The van der Waals surface area contributed by atoms with Gasteiger partial charge >= 0.3 is 11.9 Å². The largest absolute Gasteiger partial charge is 0.481 e. The molecule has 2 atom stereocenters. The highest BCUT2D eigenvalue weighted by molar-refractivity contribution is 5.87. The summed E-state index contributed by atoms with van der Waals surface area (Å²) in [6, 6.07) is 17.6. The summed E-state index contributed by atoms with van der Waals surface area (Å²) < 4.78 is 0. The molecule has 29 heavy (non-hydrogen) atoms. The summed E-state index contributed by atoms with van der Waals surface area (Å²) in [7, 11) is 0. The molecule has 0 bridgehead atoms. The Morgan fingerprint density at radius 1 is 0.897 bits per heavy atom. The Labute approximate surface area is 170 Å². The summed E-state index contributed by atoms with van der Waals surface area (Å²) in [5.74, 6) is -2.80. The number of hydrogen-bond donors (Lipinski definition) is 3. The van der Waals surface area contributed by atoms with Crippen LogP contribution in [-0.2, 0) is 27.5 Å². The summed E-state index contributed by atoms with van der Waals surface area (Å²) in [5.41, 5.74) is 2.06. The van der Waals surface area contributed by atoms with Crippen molar-refractivity contribution in [1.82, 2.24) is 10.2 Å². The summed E-state index contributed by atoms with van der Waals surface area (Å²) in [4.78, 5) is 36.9. The van der Waals surface area contributed by atoms with Crippen LogP contribution in [0.3, 0.4) is 0 Å². The first-order valence-corrected chi connectivity index (χ1v) is 9.43. The van der Waals surface area contributed by atoms with Crippen molar-refractivity contribution in [2.75, 3.05) is 0 Å². The molecule has 0 heterocycles. The van der Waals surface area contributed by atoms with Gasteiger partial charge in [0.25, 0.3) is 0 Å². The van der Waals surface area contributed by atoms with Crippen LogP contribution in [0, 0.1) is 0 Å². The highest BCUT2D eigenvalue weighted by Crippen LogP contribution is 2.14. The van der Waals surface area contributed by atoms with Gasteiger partial charge in [0.05, 0.1) is 6.04 Å². The molecule has 0 radical (unpaired) electrons. The summed E-state index contributed by atoms with van der Waals surface area (Å²) in [6.07, 6.45) is -0.496. The maximum Gasteiger partial charge on any atom is 0.326 e. The van der Waals surface area contributed by atoms with E-state index in [1.807, 2.05) is 65.6 Å². The molecule has 0 aromatic heterocycles. The van der Waals surface area contributed by atoms with Gasteiger partial charge in [-0.2, -0.15) is 0 Å². The maximum absolute atomic E-state index is 12.8. The van der Waals surface area contributed by atoms with Crippen LogP contribution in [-0.4, -0.2) is 45.0 Å². The van der Waals surface area contributed by atoms with Gasteiger partial charge in [0.15, 0.2) is 0 Å². The molecule has 2 aromatic carbocycles. The standard InChI is InChI=1S/C22H26N2O5/c1-16(21(27)23-19(22(28)29)12-13-20(25)26)24(14-17-8-4-2-5-9-17)15-18-10-6-3-7-11-18/h2-11,16,19H,12-15H2,1H3,(H,23,27)(H,25,26)(H,28,29)/t16-,19+/m0/s1. The van der Waals surface area contributed by atoms with Gasteiger partial charge in [-0.25, -0.2) is 4.79 Å². The van der Waals surface area contributed by atoms with Crippen LogP contribution in [0.1, 0.15) is 30.9 Å². The Balaban J connectivity index is 2.13. The van der Waals surface area contributed by atoms with E-state index < -0.39 is 29.9 Å². The number of nitrogens with zero attached hydrogens (tertiary/aromatic N) is 1. The van der Waals surface area contributed by atoms with Crippen LogP contribution >= 0.6 is 0 Å². The third-order valence-corrected chi connectivity index (χ3v) is 4.65. The van der Waals surface area contributed by atoms with Gasteiger partial charge in [0, 0.05) is 19.5 Å². The van der Waals surface area contributed by atoms with Gasteiger partial charge in [-0.1, -0.05) is 60.7 Å². The molecule has 3 N–H and O–H groups in total. The normalized spacial score (nSPS) is 12.9. The minimum Gasteiger partial charge on any atom is -0.481 e. The van der Waals surface area contributed by atoms with Gasteiger partial charge in [-0.05, 0) is 24.5 Å². The molecule has 2 aromatic rings. The van der Waals surface area contributed by atoms with Crippen molar-refractivity contribution in [3.63, 3.8) is 0 Å². The number of carbonyl (C=O) groups excluding carboxylic acids is 1. The minimum atomic E-state index is -1.25. The zero-order valence-corrected chi connectivity index (χ0v) is 16.3. The van der Waals surface area contributed by atoms with Crippen molar-refractivity contribution in [3.05, 3.63) is 71.8 Å². The van der Waals surface area contributed by atoms with E-state index in [1.54, 1.807) is 6.92 Å². The summed E-state index contributed by atoms with van der Waals surface area (Å²) >= 11 is 0. The van der Waals surface area contributed by atoms with E-state index in [9.17, 15) is 19.5 Å². The third-order valence-electron chi connectivity index (χ3n) is 4.65. The van der Waals surface area contributed by atoms with E-state index in [0.29, 0.717) is 13.1 Å². The van der Waals surface area contributed by atoms with Crippen molar-refractivity contribution in [2.45, 2.75) is 44.9 Å². The lowest BCUT2D eigenvalue weighted by molar-refractivity contribution is -0.143. The van der Waals surface area contributed by atoms with Gasteiger partial charge in [-0.3, -0.25) is 14.5 Å². The molecule has 0 saturated carbocycles. The second-order valence-corrected chi connectivity index (χ2v) is 6.88. The number of hydrogen-bond acceptors (Lipinski definition) is 4. The molecule has 0 unspecified atom stereocenters. The van der Waals surface area contributed by atoms with Gasteiger partial charge in [-0.15, -0.1) is 0 Å². The SMILES string of the molecule is C[C@@H](C(=O)N[C@H](CCC(=O)O)C(=O)O)N(Cc1ccccc1)Cc1ccccc1. The van der Waals surface area contributed by atoms with E-state index in [0.717, 1.165) is 11.1 Å². The molecule has 154 valence electrons. The second-order valence-electron chi connectivity index (χ2n) is 6.88. The van der Waals surface area contributed by atoms with E-state index in [2.05, 4.69) is 5.32 Å². The average Bonchev–Trinajstić information content (AvgIpc) is 2.71. The molecular weight excluding hydrogens is 372 g/mol. The lowest BCUT2D eigenvalue weighted by Crippen LogP contribution is -2.50. The summed E-state index contributed by atoms with van der Waals surface area (Å²) in [6.45, 7) is 2.74. The van der Waals surface area contributed by atoms with Gasteiger partial charge < -0.3 is 15.5 Å². The minimum absolute atomic E-state index is 0.166. The molecule has 0 aliphatic rings. The molecule has 1 amide bonds. The van der Waals surface area contributed by atoms with Crippen LogP contribution < -0.4 is 5.32 Å². The Hall–Kier alpha value is -3.19. The van der Waals surface area contributed by atoms with Crippen LogP contribution in [0.5, 0.6) is 0 Å². The van der Waals surface area contributed by atoms with Crippen molar-refractivity contribution in [2.24, 2.45) is 0 Å². The van der Waals surface area contributed by atoms with Crippen LogP contribution in [0.15, 0.2) is 60.7 Å². The number of benzene rings is 2. The predicted octanol–water partition coefficient (Wildman–Crippen LogP) is 2.51. The van der Waals surface area contributed by atoms with Crippen LogP contribution in [0.2, 0.25) is 0 Å². The van der Waals surface area contributed by atoms with Gasteiger partial charge in [0.2, 0.25) is 5.91 Å². The number of amides is 1. The van der Waals surface area contributed by atoms with Crippen LogP contribution in [0.4, 0.5) is 0 Å². The fourth-order valence-electron chi connectivity index (χ4n) is 2.95.